The molecule has 1 aromatic carbocycles. The molecule has 2 heterocycles. The van der Waals surface area contributed by atoms with E-state index in [1.54, 1.807) is 13.0 Å². The van der Waals surface area contributed by atoms with Crippen LogP contribution in [0.25, 0.3) is 0 Å². The van der Waals surface area contributed by atoms with E-state index < -0.39 is 42.1 Å². The number of carbonyl (C=O) groups is 2. The summed E-state index contributed by atoms with van der Waals surface area (Å²) in [5, 5.41) is 2.48. The minimum atomic E-state index is -2.78. The van der Waals surface area contributed by atoms with E-state index in [2.05, 4.69) is 21.9 Å². The van der Waals surface area contributed by atoms with Gasteiger partial charge in [-0.25, -0.2) is 22.9 Å². The second kappa shape index (κ2) is 9.34. The maximum Gasteiger partial charge on any atom is 0.410 e. The number of cyclic esters (lactones) is 1. The molecule has 2 unspecified atom stereocenters. The van der Waals surface area contributed by atoms with Crippen LogP contribution in [-0.4, -0.2) is 39.5 Å². The highest BCUT2D eigenvalue weighted by molar-refractivity contribution is 6.30. The van der Waals surface area contributed by atoms with Gasteiger partial charge in [-0.05, 0) is 24.6 Å². The molecular weight excluding hydrogens is 437 g/mol. The van der Waals surface area contributed by atoms with E-state index in [1.807, 2.05) is 0 Å². The fraction of sp³-hybridized carbons (Fsp3) is 0.300. The Labute approximate surface area is 180 Å². The van der Waals surface area contributed by atoms with Crippen molar-refractivity contribution in [1.29, 1.82) is 0 Å². The van der Waals surface area contributed by atoms with Crippen molar-refractivity contribution in [3.8, 4) is 0 Å². The van der Waals surface area contributed by atoms with Gasteiger partial charge in [0, 0.05) is 18.2 Å². The number of ether oxygens (including phenoxy) is 1. The lowest BCUT2D eigenvalue weighted by Gasteiger charge is -2.23. The summed E-state index contributed by atoms with van der Waals surface area (Å²) in [5.74, 6) is -1.27. The number of alkyl halides is 2. The zero-order valence-corrected chi connectivity index (χ0v) is 17.1. The number of aromatic nitrogens is 2. The van der Waals surface area contributed by atoms with Crippen LogP contribution in [0.3, 0.4) is 0 Å². The molecule has 1 fully saturated rings. The van der Waals surface area contributed by atoms with E-state index in [-0.39, 0.29) is 29.4 Å². The lowest BCUT2D eigenvalue weighted by molar-refractivity contribution is 0.0956. The molecule has 2 amide bonds. The normalized spacial score (nSPS) is 16.9. The second-order valence-corrected chi connectivity index (χ2v) is 7.34. The second-order valence-electron chi connectivity index (χ2n) is 6.94. The first-order chi connectivity index (χ1) is 14.7. The maximum atomic E-state index is 13.7. The average Bonchev–Trinajstić information content (AvgIpc) is 3.11. The van der Waals surface area contributed by atoms with Gasteiger partial charge >= 0.3 is 6.09 Å². The molecule has 31 heavy (non-hydrogen) atoms. The third-order valence-electron chi connectivity index (χ3n) is 4.65. The SMILES string of the molecule is C=C(CC(C)N1CC(c2ccc(Cl)c(F)c2)OC1=O)NC(=O)c1cnc(C(F)F)cn1. The van der Waals surface area contributed by atoms with Gasteiger partial charge in [0.1, 0.15) is 23.3 Å². The van der Waals surface area contributed by atoms with Crippen LogP contribution in [-0.2, 0) is 4.74 Å². The third kappa shape index (κ3) is 5.32. The minimum absolute atomic E-state index is 0.0288. The number of amides is 2. The summed E-state index contributed by atoms with van der Waals surface area (Å²) >= 11 is 5.68. The molecule has 1 aliphatic heterocycles. The number of carbonyl (C=O) groups excluding carboxylic acids is 2. The first kappa shape index (κ1) is 22.5. The van der Waals surface area contributed by atoms with Gasteiger partial charge in [0.25, 0.3) is 12.3 Å². The number of benzene rings is 1. The predicted octanol–water partition coefficient (Wildman–Crippen LogP) is 4.42. The van der Waals surface area contributed by atoms with Crippen LogP contribution in [0.1, 0.15) is 47.6 Å². The molecule has 0 spiro atoms. The van der Waals surface area contributed by atoms with E-state index >= 15 is 0 Å². The molecule has 11 heteroatoms. The Morgan fingerprint density at radius 3 is 2.74 bits per heavy atom. The van der Waals surface area contributed by atoms with Gasteiger partial charge in [-0.2, -0.15) is 0 Å². The van der Waals surface area contributed by atoms with Gasteiger partial charge in [0.15, 0.2) is 0 Å². The summed E-state index contributed by atoms with van der Waals surface area (Å²) in [4.78, 5) is 33.0. The summed E-state index contributed by atoms with van der Waals surface area (Å²) in [5.41, 5.74) is 0.0733. The van der Waals surface area contributed by atoms with Gasteiger partial charge in [0.2, 0.25) is 0 Å². The molecule has 1 saturated heterocycles. The minimum Gasteiger partial charge on any atom is -0.439 e. The number of nitrogens with zero attached hydrogens (tertiary/aromatic N) is 3. The number of rotatable bonds is 7. The summed E-state index contributed by atoms with van der Waals surface area (Å²) in [6.07, 6.45) is -2.06. The van der Waals surface area contributed by atoms with Gasteiger partial charge in [-0.3, -0.25) is 9.78 Å². The van der Waals surface area contributed by atoms with Crippen LogP contribution in [0.5, 0.6) is 0 Å². The molecule has 1 aliphatic rings. The van der Waals surface area contributed by atoms with Crippen molar-refractivity contribution in [2.75, 3.05) is 6.54 Å². The number of hydrogen-bond donors (Lipinski definition) is 1. The van der Waals surface area contributed by atoms with Crippen molar-refractivity contribution in [2.45, 2.75) is 31.9 Å². The summed E-state index contributed by atoms with van der Waals surface area (Å²) in [7, 11) is 0. The van der Waals surface area contributed by atoms with Crippen LogP contribution in [0.2, 0.25) is 5.02 Å². The molecule has 2 aromatic rings. The molecule has 1 N–H and O–H groups in total. The zero-order valence-electron chi connectivity index (χ0n) is 16.3. The Kier molecular flexibility index (Phi) is 6.79. The Bertz CT molecular complexity index is 1000. The molecule has 2 atom stereocenters. The highest BCUT2D eigenvalue weighted by Gasteiger charge is 2.35. The molecule has 0 saturated carbocycles. The predicted molar refractivity (Wildman–Crippen MR) is 105 cm³/mol. The summed E-state index contributed by atoms with van der Waals surface area (Å²) in [6, 6.07) is 3.79. The smallest absolute Gasteiger partial charge is 0.410 e. The topological polar surface area (TPSA) is 84.4 Å². The number of halogens is 4. The van der Waals surface area contributed by atoms with Crippen LogP contribution in [0.4, 0.5) is 18.0 Å². The monoisotopic (exact) mass is 454 g/mol. The van der Waals surface area contributed by atoms with Crippen molar-refractivity contribution in [3.63, 3.8) is 0 Å². The van der Waals surface area contributed by atoms with E-state index in [0.29, 0.717) is 5.56 Å². The Morgan fingerprint density at radius 1 is 1.39 bits per heavy atom. The lowest BCUT2D eigenvalue weighted by Crippen LogP contribution is -2.36. The Balaban J connectivity index is 1.57. The number of nitrogens with one attached hydrogen (secondary N) is 1. The average molecular weight is 455 g/mol. The van der Waals surface area contributed by atoms with Crippen LogP contribution in [0.15, 0.2) is 42.9 Å². The highest BCUT2D eigenvalue weighted by atomic mass is 35.5. The fourth-order valence-electron chi connectivity index (χ4n) is 3.04. The van der Waals surface area contributed by atoms with E-state index in [4.69, 9.17) is 16.3 Å². The molecule has 164 valence electrons. The Morgan fingerprint density at radius 2 is 2.13 bits per heavy atom. The van der Waals surface area contributed by atoms with E-state index in [0.717, 1.165) is 12.4 Å². The Hall–Kier alpha value is -3.14. The molecule has 0 bridgehead atoms. The fourth-order valence-corrected chi connectivity index (χ4v) is 3.15. The van der Waals surface area contributed by atoms with Gasteiger partial charge < -0.3 is 15.0 Å². The van der Waals surface area contributed by atoms with Crippen molar-refractivity contribution < 1.29 is 27.5 Å². The highest BCUT2D eigenvalue weighted by Crippen LogP contribution is 2.30. The van der Waals surface area contributed by atoms with E-state index in [9.17, 15) is 22.8 Å². The molecule has 7 nitrogen and oxygen atoms in total. The first-order valence-electron chi connectivity index (χ1n) is 9.17. The number of hydrogen-bond acceptors (Lipinski definition) is 5. The molecule has 3 rings (SSSR count). The molecular formula is C20H18ClF3N4O3. The molecule has 0 aliphatic carbocycles. The van der Waals surface area contributed by atoms with Gasteiger partial charge in [0.05, 0.1) is 24.0 Å². The largest absolute Gasteiger partial charge is 0.439 e. The zero-order chi connectivity index (χ0) is 22.7. The van der Waals surface area contributed by atoms with Crippen molar-refractivity contribution in [3.05, 3.63) is 70.7 Å². The molecule has 1 aromatic heterocycles. The standard InChI is InChI=1S/C20H18ClF3N4O3/c1-10(27-19(29)16-8-25-15(7-26-16)18(23)24)5-11(2)28-9-17(31-20(28)30)12-3-4-13(21)14(22)6-12/h3-4,6-8,11,17-18H,1,5,9H2,2H3,(H,27,29). The third-order valence-corrected chi connectivity index (χ3v) is 4.95. The van der Waals surface area contributed by atoms with E-state index in [1.165, 1.54) is 17.0 Å². The summed E-state index contributed by atoms with van der Waals surface area (Å²) in [6.45, 7) is 5.68. The molecule has 0 radical (unpaired) electrons. The quantitative estimate of drug-likeness (QED) is 0.669. The summed E-state index contributed by atoms with van der Waals surface area (Å²) < 4.78 is 44.1. The van der Waals surface area contributed by atoms with Gasteiger partial charge in [-0.15, -0.1) is 0 Å². The van der Waals surface area contributed by atoms with Crippen LogP contribution >= 0.6 is 11.6 Å². The van der Waals surface area contributed by atoms with Crippen LogP contribution in [0, 0.1) is 5.82 Å². The van der Waals surface area contributed by atoms with Crippen molar-refractivity contribution in [2.24, 2.45) is 0 Å². The van der Waals surface area contributed by atoms with Crippen molar-refractivity contribution >= 4 is 23.6 Å². The van der Waals surface area contributed by atoms with Gasteiger partial charge in [-0.1, -0.05) is 24.2 Å². The maximum absolute atomic E-state index is 13.7. The van der Waals surface area contributed by atoms with Crippen LogP contribution < -0.4 is 5.32 Å². The lowest BCUT2D eigenvalue weighted by atomic mass is 10.1. The van der Waals surface area contributed by atoms with Crippen molar-refractivity contribution in [1.82, 2.24) is 20.2 Å². The first-order valence-corrected chi connectivity index (χ1v) is 9.55.